The van der Waals surface area contributed by atoms with E-state index in [2.05, 4.69) is 5.32 Å². The fourth-order valence-electron chi connectivity index (χ4n) is 2.20. The summed E-state index contributed by atoms with van der Waals surface area (Å²) in [6, 6.07) is 6.66. The minimum absolute atomic E-state index is 0.0566. The summed E-state index contributed by atoms with van der Waals surface area (Å²) in [6.07, 6.45) is 0.128. The van der Waals surface area contributed by atoms with Gasteiger partial charge in [0.2, 0.25) is 5.91 Å². The van der Waals surface area contributed by atoms with Crippen molar-refractivity contribution in [2.24, 2.45) is 0 Å². The highest BCUT2D eigenvalue weighted by Crippen LogP contribution is 2.14. The molecule has 2 aromatic rings. The molecule has 2 aromatic carbocycles. The van der Waals surface area contributed by atoms with Crippen molar-refractivity contribution in [3.05, 3.63) is 70.8 Å². The standard InChI is InChI=1S/C17H15F4NO/c18-12-8-11(9-13(19)10-12)6-7-22-17(23)5-4-14-15(20)2-1-3-16(14)21/h1-3,8-10H,4-7H2,(H,22,23). The van der Waals surface area contributed by atoms with Gasteiger partial charge in [-0.2, -0.15) is 0 Å². The van der Waals surface area contributed by atoms with Gasteiger partial charge < -0.3 is 5.32 Å². The lowest BCUT2D eigenvalue weighted by Crippen LogP contribution is -2.26. The molecule has 0 aromatic heterocycles. The number of amides is 1. The van der Waals surface area contributed by atoms with E-state index in [1.165, 1.54) is 18.2 Å². The number of carbonyl (C=O) groups excluding carboxylic acids is 1. The predicted molar refractivity (Wildman–Crippen MR) is 77.8 cm³/mol. The van der Waals surface area contributed by atoms with E-state index in [-0.39, 0.29) is 37.3 Å². The van der Waals surface area contributed by atoms with E-state index >= 15 is 0 Å². The van der Waals surface area contributed by atoms with Crippen LogP contribution in [0.1, 0.15) is 17.5 Å². The Hall–Kier alpha value is -2.37. The minimum atomic E-state index is -0.687. The van der Waals surface area contributed by atoms with E-state index < -0.39 is 23.3 Å². The number of halogens is 4. The summed E-state index contributed by atoms with van der Waals surface area (Å²) in [6.45, 7) is 0.182. The first kappa shape index (κ1) is 17.0. The van der Waals surface area contributed by atoms with Crippen LogP contribution in [-0.4, -0.2) is 12.5 Å². The molecule has 0 aliphatic heterocycles. The van der Waals surface area contributed by atoms with Gasteiger partial charge in [0.25, 0.3) is 0 Å². The highest BCUT2D eigenvalue weighted by Gasteiger charge is 2.10. The molecule has 0 atom stereocenters. The second-order valence-electron chi connectivity index (χ2n) is 5.08. The molecule has 0 bridgehead atoms. The molecule has 23 heavy (non-hydrogen) atoms. The molecular weight excluding hydrogens is 310 g/mol. The number of hydrogen-bond acceptors (Lipinski definition) is 1. The van der Waals surface area contributed by atoms with Crippen molar-refractivity contribution in [3.63, 3.8) is 0 Å². The van der Waals surface area contributed by atoms with E-state index in [1.54, 1.807) is 0 Å². The zero-order valence-corrected chi connectivity index (χ0v) is 12.2. The lowest BCUT2D eigenvalue weighted by atomic mass is 10.1. The number of nitrogens with one attached hydrogen (secondary N) is 1. The normalized spacial score (nSPS) is 10.6. The lowest BCUT2D eigenvalue weighted by molar-refractivity contribution is -0.121. The molecule has 2 rings (SSSR count). The van der Waals surface area contributed by atoms with Gasteiger partial charge in [-0.25, -0.2) is 17.6 Å². The largest absolute Gasteiger partial charge is 0.356 e. The Morgan fingerprint density at radius 1 is 0.913 bits per heavy atom. The van der Waals surface area contributed by atoms with Crippen molar-refractivity contribution >= 4 is 5.91 Å². The zero-order valence-electron chi connectivity index (χ0n) is 12.2. The molecule has 6 heteroatoms. The van der Waals surface area contributed by atoms with Crippen molar-refractivity contribution in [2.75, 3.05) is 6.54 Å². The molecule has 0 saturated heterocycles. The SMILES string of the molecule is O=C(CCc1c(F)cccc1F)NCCc1cc(F)cc(F)c1. The van der Waals surface area contributed by atoms with Crippen LogP contribution in [0.4, 0.5) is 17.6 Å². The lowest BCUT2D eigenvalue weighted by Gasteiger charge is -2.07. The van der Waals surface area contributed by atoms with Crippen LogP contribution in [0, 0.1) is 23.3 Å². The van der Waals surface area contributed by atoms with Gasteiger partial charge in [0.1, 0.15) is 23.3 Å². The second-order valence-corrected chi connectivity index (χ2v) is 5.08. The van der Waals surface area contributed by atoms with Crippen LogP contribution in [0.15, 0.2) is 36.4 Å². The molecule has 2 nitrogen and oxygen atoms in total. The fraction of sp³-hybridized carbons (Fsp3) is 0.235. The van der Waals surface area contributed by atoms with Crippen molar-refractivity contribution in [3.8, 4) is 0 Å². The molecule has 1 amide bonds. The maximum atomic E-state index is 13.4. The summed E-state index contributed by atoms with van der Waals surface area (Å²) in [5.41, 5.74) is 0.290. The number of hydrogen-bond donors (Lipinski definition) is 1. The van der Waals surface area contributed by atoms with Crippen molar-refractivity contribution in [2.45, 2.75) is 19.3 Å². The number of benzene rings is 2. The van der Waals surface area contributed by atoms with Crippen LogP contribution in [0.5, 0.6) is 0 Å². The molecule has 0 aliphatic rings. The van der Waals surface area contributed by atoms with E-state index in [0.717, 1.165) is 18.2 Å². The van der Waals surface area contributed by atoms with E-state index in [1.807, 2.05) is 0 Å². The zero-order chi connectivity index (χ0) is 16.8. The van der Waals surface area contributed by atoms with Crippen LogP contribution in [-0.2, 0) is 17.6 Å². The number of carbonyl (C=O) groups is 1. The molecule has 0 saturated carbocycles. The van der Waals surface area contributed by atoms with Gasteiger partial charge in [0.05, 0.1) is 0 Å². The second kappa shape index (κ2) is 7.76. The monoisotopic (exact) mass is 325 g/mol. The van der Waals surface area contributed by atoms with Crippen molar-refractivity contribution in [1.29, 1.82) is 0 Å². The van der Waals surface area contributed by atoms with Gasteiger partial charge in [-0.3, -0.25) is 4.79 Å². The first-order chi connectivity index (χ1) is 11.0. The maximum Gasteiger partial charge on any atom is 0.220 e. The molecule has 0 fully saturated rings. The minimum Gasteiger partial charge on any atom is -0.356 e. The van der Waals surface area contributed by atoms with Crippen LogP contribution >= 0.6 is 0 Å². The van der Waals surface area contributed by atoms with Gasteiger partial charge in [-0.05, 0) is 42.7 Å². The van der Waals surface area contributed by atoms with Crippen molar-refractivity contribution in [1.82, 2.24) is 5.32 Å². The maximum absolute atomic E-state index is 13.4. The van der Waals surface area contributed by atoms with E-state index in [9.17, 15) is 22.4 Å². The fourth-order valence-corrected chi connectivity index (χ4v) is 2.20. The molecule has 0 radical (unpaired) electrons. The summed E-state index contributed by atoms with van der Waals surface area (Å²) >= 11 is 0. The summed E-state index contributed by atoms with van der Waals surface area (Å²) < 4.78 is 52.8. The molecule has 122 valence electrons. The molecule has 0 heterocycles. The van der Waals surface area contributed by atoms with Gasteiger partial charge in [0.15, 0.2) is 0 Å². The Bertz CT molecular complexity index is 662. The van der Waals surface area contributed by atoms with Crippen molar-refractivity contribution < 1.29 is 22.4 Å². The third-order valence-electron chi connectivity index (χ3n) is 3.32. The molecular formula is C17H15F4NO. The Morgan fingerprint density at radius 3 is 2.13 bits per heavy atom. The predicted octanol–water partition coefficient (Wildman–Crippen LogP) is 3.53. The topological polar surface area (TPSA) is 29.1 Å². The Balaban J connectivity index is 1.79. The molecule has 0 spiro atoms. The molecule has 0 unspecified atom stereocenters. The smallest absolute Gasteiger partial charge is 0.220 e. The van der Waals surface area contributed by atoms with E-state index in [0.29, 0.717) is 5.56 Å². The summed E-state index contributed by atoms with van der Waals surface area (Å²) in [7, 11) is 0. The first-order valence-electron chi connectivity index (χ1n) is 7.10. The first-order valence-corrected chi connectivity index (χ1v) is 7.10. The third-order valence-corrected chi connectivity index (χ3v) is 3.32. The highest BCUT2D eigenvalue weighted by atomic mass is 19.1. The van der Waals surface area contributed by atoms with E-state index in [4.69, 9.17) is 0 Å². The van der Waals surface area contributed by atoms with Crippen LogP contribution in [0.2, 0.25) is 0 Å². The summed E-state index contributed by atoms with van der Waals surface area (Å²) in [5, 5.41) is 2.55. The average molecular weight is 325 g/mol. The van der Waals surface area contributed by atoms with Gasteiger partial charge in [0, 0.05) is 24.6 Å². The Kier molecular flexibility index (Phi) is 5.73. The Morgan fingerprint density at radius 2 is 1.52 bits per heavy atom. The summed E-state index contributed by atoms with van der Waals surface area (Å²) in [4.78, 5) is 11.7. The van der Waals surface area contributed by atoms with Crippen LogP contribution < -0.4 is 5.32 Å². The molecule has 0 aliphatic carbocycles. The third kappa shape index (κ3) is 5.09. The summed E-state index contributed by atoms with van der Waals surface area (Å²) in [5.74, 6) is -3.12. The average Bonchev–Trinajstić information content (AvgIpc) is 2.45. The quantitative estimate of drug-likeness (QED) is 0.809. The van der Waals surface area contributed by atoms with Crippen LogP contribution in [0.3, 0.4) is 0 Å². The Labute approximate surface area is 131 Å². The van der Waals surface area contributed by atoms with Gasteiger partial charge >= 0.3 is 0 Å². The van der Waals surface area contributed by atoms with Gasteiger partial charge in [-0.15, -0.1) is 0 Å². The van der Waals surface area contributed by atoms with Gasteiger partial charge in [-0.1, -0.05) is 6.07 Å². The number of rotatable bonds is 6. The van der Waals surface area contributed by atoms with Crippen LogP contribution in [0.25, 0.3) is 0 Å². The highest BCUT2D eigenvalue weighted by molar-refractivity contribution is 5.76. The molecule has 1 N–H and O–H groups in total.